The first-order valence-corrected chi connectivity index (χ1v) is 8.38. The van der Waals surface area contributed by atoms with Crippen LogP contribution < -0.4 is 4.72 Å². The zero-order valence-corrected chi connectivity index (χ0v) is 12.6. The second kappa shape index (κ2) is 6.67. The lowest BCUT2D eigenvalue weighted by Gasteiger charge is -2.29. The Bertz CT molecular complexity index is 520. The van der Waals surface area contributed by atoms with Gasteiger partial charge in [-0.15, -0.1) is 0 Å². The zero-order chi connectivity index (χ0) is 14.6. The third kappa shape index (κ3) is 4.02. The van der Waals surface area contributed by atoms with Crippen molar-refractivity contribution in [2.24, 2.45) is 5.92 Å². The van der Waals surface area contributed by atoms with Gasteiger partial charge in [0.1, 0.15) is 0 Å². The summed E-state index contributed by atoms with van der Waals surface area (Å²) >= 11 is 0. The lowest BCUT2D eigenvalue weighted by atomic mass is 10.0. The summed E-state index contributed by atoms with van der Waals surface area (Å²) in [4.78, 5) is 0. The highest BCUT2D eigenvalue weighted by Gasteiger charge is 2.25. The maximum atomic E-state index is 12.2. The minimum absolute atomic E-state index is 0.00201. The molecule has 1 fully saturated rings. The van der Waals surface area contributed by atoms with Crippen molar-refractivity contribution < 1.29 is 13.5 Å². The van der Waals surface area contributed by atoms with E-state index < -0.39 is 10.2 Å². The molecule has 1 aliphatic heterocycles. The number of hydrogen-bond donors (Lipinski definition) is 2. The van der Waals surface area contributed by atoms with Crippen molar-refractivity contribution in [3.05, 3.63) is 35.4 Å². The van der Waals surface area contributed by atoms with Crippen LogP contribution in [0.15, 0.2) is 24.3 Å². The van der Waals surface area contributed by atoms with E-state index in [4.69, 9.17) is 5.11 Å². The van der Waals surface area contributed by atoms with Gasteiger partial charge in [0, 0.05) is 19.6 Å². The van der Waals surface area contributed by atoms with Gasteiger partial charge in [0.15, 0.2) is 0 Å². The van der Waals surface area contributed by atoms with Gasteiger partial charge in [-0.1, -0.05) is 31.2 Å². The van der Waals surface area contributed by atoms with E-state index in [2.05, 4.69) is 11.6 Å². The molecule has 112 valence electrons. The van der Waals surface area contributed by atoms with Crippen LogP contribution in [0.5, 0.6) is 0 Å². The molecule has 0 bridgehead atoms. The summed E-state index contributed by atoms with van der Waals surface area (Å²) in [6.07, 6.45) is 1.85. The Kier molecular flexibility index (Phi) is 5.15. The molecule has 0 radical (unpaired) electrons. The normalized spacial score (nSPS) is 18.3. The number of rotatable bonds is 5. The van der Waals surface area contributed by atoms with E-state index in [1.807, 2.05) is 12.1 Å². The molecule has 0 unspecified atom stereocenters. The highest BCUT2D eigenvalue weighted by atomic mass is 32.2. The first-order chi connectivity index (χ1) is 9.51. The zero-order valence-electron chi connectivity index (χ0n) is 11.7. The van der Waals surface area contributed by atoms with E-state index in [1.165, 1.54) is 4.31 Å². The Morgan fingerprint density at radius 1 is 1.20 bits per heavy atom. The Morgan fingerprint density at radius 2 is 1.75 bits per heavy atom. The topological polar surface area (TPSA) is 69.6 Å². The molecule has 0 amide bonds. The first kappa shape index (κ1) is 15.4. The fraction of sp³-hybridized carbons (Fsp3) is 0.571. The monoisotopic (exact) mass is 298 g/mol. The summed E-state index contributed by atoms with van der Waals surface area (Å²) in [5.41, 5.74) is 1.71. The fourth-order valence-corrected chi connectivity index (χ4v) is 3.48. The highest BCUT2D eigenvalue weighted by Crippen LogP contribution is 2.18. The van der Waals surface area contributed by atoms with Crippen molar-refractivity contribution in [1.82, 2.24) is 9.03 Å². The van der Waals surface area contributed by atoms with Crippen molar-refractivity contribution in [1.29, 1.82) is 0 Å². The Hall–Kier alpha value is -0.950. The molecule has 20 heavy (non-hydrogen) atoms. The molecule has 5 nitrogen and oxygen atoms in total. The number of aliphatic hydroxyl groups excluding tert-OH is 1. The van der Waals surface area contributed by atoms with Gasteiger partial charge in [-0.2, -0.15) is 17.4 Å². The fourth-order valence-electron chi connectivity index (χ4n) is 2.25. The largest absolute Gasteiger partial charge is 0.392 e. The highest BCUT2D eigenvalue weighted by molar-refractivity contribution is 7.87. The van der Waals surface area contributed by atoms with Crippen LogP contribution in [0.4, 0.5) is 0 Å². The maximum Gasteiger partial charge on any atom is 0.279 e. The molecule has 0 aromatic heterocycles. The van der Waals surface area contributed by atoms with Gasteiger partial charge in [-0.3, -0.25) is 0 Å². The number of benzene rings is 1. The summed E-state index contributed by atoms with van der Waals surface area (Å²) in [6, 6.07) is 7.25. The quantitative estimate of drug-likeness (QED) is 0.859. The van der Waals surface area contributed by atoms with Gasteiger partial charge in [0.05, 0.1) is 6.61 Å². The SMILES string of the molecule is CC1CCN(S(=O)(=O)NCc2ccc(CO)cc2)CC1. The lowest BCUT2D eigenvalue weighted by Crippen LogP contribution is -2.44. The van der Waals surface area contributed by atoms with Crippen molar-refractivity contribution in [2.45, 2.75) is 32.9 Å². The molecule has 1 aliphatic rings. The van der Waals surface area contributed by atoms with Crippen molar-refractivity contribution >= 4 is 10.2 Å². The summed E-state index contributed by atoms with van der Waals surface area (Å²) in [5, 5.41) is 8.96. The molecule has 0 aliphatic carbocycles. The molecular weight excluding hydrogens is 276 g/mol. The van der Waals surface area contributed by atoms with Gasteiger partial charge >= 0.3 is 0 Å². The van der Waals surface area contributed by atoms with Gasteiger partial charge in [-0.05, 0) is 29.9 Å². The minimum atomic E-state index is -3.39. The smallest absolute Gasteiger partial charge is 0.279 e. The molecule has 0 atom stereocenters. The number of nitrogens with zero attached hydrogens (tertiary/aromatic N) is 1. The van der Waals surface area contributed by atoms with Crippen LogP contribution in [0.2, 0.25) is 0 Å². The minimum Gasteiger partial charge on any atom is -0.392 e. The Balaban J connectivity index is 1.91. The Labute approximate surface area is 120 Å². The predicted molar refractivity (Wildman–Crippen MR) is 78.1 cm³/mol. The first-order valence-electron chi connectivity index (χ1n) is 6.94. The molecule has 1 aromatic rings. The maximum absolute atomic E-state index is 12.2. The summed E-state index contributed by atoms with van der Waals surface area (Å²) in [6.45, 7) is 3.62. The number of aliphatic hydroxyl groups is 1. The van der Waals surface area contributed by atoms with Crippen LogP contribution >= 0.6 is 0 Å². The van der Waals surface area contributed by atoms with Crippen LogP contribution in [0.1, 0.15) is 30.9 Å². The van der Waals surface area contributed by atoms with Gasteiger partial charge in [0.2, 0.25) is 0 Å². The van der Waals surface area contributed by atoms with Crippen LogP contribution in [0.3, 0.4) is 0 Å². The molecule has 0 saturated carbocycles. The van der Waals surface area contributed by atoms with Gasteiger partial charge in [-0.25, -0.2) is 0 Å². The lowest BCUT2D eigenvalue weighted by molar-refractivity contribution is 0.281. The van der Waals surface area contributed by atoms with Crippen LogP contribution in [-0.4, -0.2) is 30.9 Å². The molecule has 2 rings (SSSR count). The van der Waals surface area contributed by atoms with Crippen molar-refractivity contribution in [3.63, 3.8) is 0 Å². The summed E-state index contributed by atoms with van der Waals surface area (Å²) in [5.74, 6) is 0.604. The van der Waals surface area contributed by atoms with E-state index in [9.17, 15) is 8.42 Å². The molecule has 6 heteroatoms. The molecule has 1 heterocycles. The molecule has 0 spiro atoms. The standard InChI is InChI=1S/C14H22N2O3S/c1-12-6-8-16(9-7-12)20(18,19)15-10-13-2-4-14(11-17)5-3-13/h2-5,12,15,17H,6-11H2,1H3. The van der Waals surface area contributed by atoms with E-state index in [1.54, 1.807) is 12.1 Å². The Morgan fingerprint density at radius 3 is 2.30 bits per heavy atom. The van der Waals surface area contributed by atoms with Gasteiger partial charge in [0.25, 0.3) is 10.2 Å². The van der Waals surface area contributed by atoms with Crippen LogP contribution in [0.25, 0.3) is 0 Å². The second-order valence-corrected chi connectivity index (χ2v) is 7.14. The van der Waals surface area contributed by atoms with E-state index in [0.717, 1.165) is 24.0 Å². The van der Waals surface area contributed by atoms with E-state index >= 15 is 0 Å². The van der Waals surface area contributed by atoms with Crippen LogP contribution in [-0.2, 0) is 23.4 Å². The molecule has 1 aromatic carbocycles. The summed E-state index contributed by atoms with van der Waals surface area (Å²) < 4.78 is 28.5. The van der Waals surface area contributed by atoms with Crippen molar-refractivity contribution in [3.8, 4) is 0 Å². The van der Waals surface area contributed by atoms with E-state index in [0.29, 0.717) is 19.0 Å². The summed E-state index contributed by atoms with van der Waals surface area (Å²) in [7, 11) is -3.39. The number of nitrogens with one attached hydrogen (secondary N) is 1. The number of piperidine rings is 1. The molecule has 1 saturated heterocycles. The predicted octanol–water partition coefficient (Wildman–Crippen LogP) is 1.25. The third-order valence-electron chi connectivity index (χ3n) is 3.75. The number of hydrogen-bond acceptors (Lipinski definition) is 3. The van der Waals surface area contributed by atoms with Crippen LogP contribution in [0, 0.1) is 5.92 Å². The third-order valence-corrected chi connectivity index (χ3v) is 5.30. The average molecular weight is 298 g/mol. The van der Waals surface area contributed by atoms with Crippen molar-refractivity contribution in [2.75, 3.05) is 13.1 Å². The van der Waals surface area contributed by atoms with E-state index in [-0.39, 0.29) is 13.2 Å². The molecular formula is C14H22N2O3S. The molecule has 2 N–H and O–H groups in total. The second-order valence-electron chi connectivity index (χ2n) is 5.38. The van der Waals surface area contributed by atoms with Gasteiger partial charge < -0.3 is 5.11 Å². The average Bonchev–Trinajstić information content (AvgIpc) is 2.46.